The zero-order valence-electron chi connectivity index (χ0n) is 16.2. The first-order valence-corrected chi connectivity index (χ1v) is 10.3. The fourth-order valence-electron chi connectivity index (χ4n) is 5.13. The van der Waals surface area contributed by atoms with E-state index in [1.807, 2.05) is 0 Å². The Kier molecular flexibility index (Phi) is 4.77. The van der Waals surface area contributed by atoms with Crippen LogP contribution in [-0.2, 0) is 16.0 Å². The van der Waals surface area contributed by atoms with Crippen LogP contribution in [0.4, 0.5) is 0 Å². The normalized spacial score (nSPS) is 28.3. The Balaban J connectivity index is 1.60. The van der Waals surface area contributed by atoms with Crippen molar-refractivity contribution in [1.29, 1.82) is 0 Å². The molecule has 0 spiro atoms. The lowest BCUT2D eigenvalue weighted by Gasteiger charge is -2.37. The van der Waals surface area contributed by atoms with Crippen molar-refractivity contribution < 1.29 is 9.53 Å². The highest BCUT2D eigenvalue weighted by Gasteiger charge is 2.37. The first-order valence-electron chi connectivity index (χ1n) is 10.3. The summed E-state index contributed by atoms with van der Waals surface area (Å²) in [6.45, 7) is 6.81. The summed E-state index contributed by atoms with van der Waals surface area (Å²) >= 11 is 0. The zero-order chi connectivity index (χ0) is 18.3. The van der Waals surface area contributed by atoms with E-state index in [2.05, 4.69) is 57.2 Å². The largest absolute Gasteiger partial charge is 0.462 e. The number of rotatable bonds is 3. The van der Waals surface area contributed by atoms with Gasteiger partial charge in [0.2, 0.25) is 0 Å². The molecule has 0 radical (unpaired) electrons. The van der Waals surface area contributed by atoms with Gasteiger partial charge in [0.15, 0.2) is 0 Å². The molecule has 0 aliphatic heterocycles. The fourth-order valence-corrected chi connectivity index (χ4v) is 5.13. The molecule has 0 heterocycles. The Morgan fingerprint density at radius 2 is 1.88 bits per heavy atom. The number of aryl methyl sites for hydroxylation is 1. The van der Waals surface area contributed by atoms with Crippen LogP contribution in [0.3, 0.4) is 0 Å². The predicted molar refractivity (Wildman–Crippen MR) is 106 cm³/mol. The molecule has 2 aromatic rings. The minimum atomic E-state index is -0.0962. The Morgan fingerprint density at radius 3 is 2.69 bits per heavy atom. The van der Waals surface area contributed by atoms with Crippen molar-refractivity contribution in [3.05, 3.63) is 47.5 Å². The quantitative estimate of drug-likeness (QED) is 0.647. The molecule has 1 fully saturated rings. The second-order valence-electron chi connectivity index (χ2n) is 8.75. The SMILES string of the molecule is CC(C)[C@@H]1CC[C@@H](C)C[C@H]1OC(=O)C1CCc2ccc3ccccc3c21. The summed E-state index contributed by atoms with van der Waals surface area (Å²) in [5, 5.41) is 2.44. The molecule has 138 valence electrons. The van der Waals surface area contributed by atoms with Gasteiger partial charge in [0.25, 0.3) is 0 Å². The number of benzene rings is 2. The smallest absolute Gasteiger partial charge is 0.313 e. The molecular weight excluding hydrogens is 320 g/mol. The summed E-state index contributed by atoms with van der Waals surface area (Å²) in [6, 6.07) is 12.8. The molecule has 0 amide bonds. The lowest BCUT2D eigenvalue weighted by molar-refractivity contribution is -0.157. The van der Waals surface area contributed by atoms with Crippen molar-refractivity contribution in [2.24, 2.45) is 17.8 Å². The maximum atomic E-state index is 13.2. The lowest BCUT2D eigenvalue weighted by atomic mass is 9.75. The van der Waals surface area contributed by atoms with Crippen molar-refractivity contribution in [1.82, 2.24) is 0 Å². The van der Waals surface area contributed by atoms with Gasteiger partial charge in [0, 0.05) is 0 Å². The second kappa shape index (κ2) is 7.06. The minimum absolute atomic E-state index is 0.00449. The van der Waals surface area contributed by atoms with Gasteiger partial charge in [-0.15, -0.1) is 0 Å². The average Bonchev–Trinajstić information content (AvgIpc) is 3.06. The van der Waals surface area contributed by atoms with Crippen LogP contribution in [0.25, 0.3) is 10.8 Å². The lowest BCUT2D eigenvalue weighted by Crippen LogP contribution is -2.36. The highest BCUT2D eigenvalue weighted by Crippen LogP contribution is 2.41. The van der Waals surface area contributed by atoms with E-state index in [9.17, 15) is 4.79 Å². The number of hydrogen-bond donors (Lipinski definition) is 0. The molecule has 2 heteroatoms. The van der Waals surface area contributed by atoms with Gasteiger partial charge in [-0.05, 0) is 65.3 Å². The van der Waals surface area contributed by atoms with Crippen molar-refractivity contribution in [2.45, 2.75) is 64.9 Å². The van der Waals surface area contributed by atoms with Crippen LogP contribution in [0.5, 0.6) is 0 Å². The van der Waals surface area contributed by atoms with Crippen LogP contribution in [-0.4, -0.2) is 12.1 Å². The molecule has 2 aromatic carbocycles. The Hall–Kier alpha value is -1.83. The van der Waals surface area contributed by atoms with Gasteiger partial charge in [-0.1, -0.05) is 63.6 Å². The summed E-state index contributed by atoms with van der Waals surface area (Å²) < 4.78 is 6.19. The van der Waals surface area contributed by atoms with E-state index in [0.717, 1.165) is 19.3 Å². The molecule has 0 bridgehead atoms. The van der Waals surface area contributed by atoms with Gasteiger partial charge < -0.3 is 4.74 Å². The van der Waals surface area contributed by atoms with Crippen LogP contribution >= 0.6 is 0 Å². The maximum absolute atomic E-state index is 13.2. The van der Waals surface area contributed by atoms with Crippen LogP contribution < -0.4 is 0 Å². The summed E-state index contributed by atoms with van der Waals surface area (Å²) in [5.41, 5.74) is 2.54. The molecule has 2 aliphatic carbocycles. The monoisotopic (exact) mass is 350 g/mol. The van der Waals surface area contributed by atoms with E-state index in [-0.39, 0.29) is 18.0 Å². The summed E-state index contributed by atoms with van der Waals surface area (Å²) in [4.78, 5) is 13.2. The number of hydrogen-bond acceptors (Lipinski definition) is 2. The van der Waals surface area contributed by atoms with Gasteiger partial charge >= 0.3 is 5.97 Å². The number of esters is 1. The summed E-state index contributed by atoms with van der Waals surface area (Å²) in [6.07, 6.45) is 5.41. The maximum Gasteiger partial charge on any atom is 0.313 e. The second-order valence-corrected chi connectivity index (χ2v) is 8.75. The van der Waals surface area contributed by atoms with E-state index in [4.69, 9.17) is 4.74 Å². The van der Waals surface area contributed by atoms with Crippen molar-refractivity contribution in [2.75, 3.05) is 0 Å². The van der Waals surface area contributed by atoms with Gasteiger partial charge in [-0.25, -0.2) is 0 Å². The predicted octanol–water partition coefficient (Wildman–Crippen LogP) is 5.87. The van der Waals surface area contributed by atoms with Crippen molar-refractivity contribution in [3.63, 3.8) is 0 Å². The van der Waals surface area contributed by atoms with Crippen LogP contribution in [0, 0.1) is 17.8 Å². The third-order valence-electron chi connectivity index (χ3n) is 6.63. The van der Waals surface area contributed by atoms with E-state index in [1.165, 1.54) is 34.7 Å². The number of ether oxygens (including phenoxy) is 1. The van der Waals surface area contributed by atoms with E-state index in [1.54, 1.807) is 0 Å². The molecular formula is C24H30O2. The molecule has 1 saturated carbocycles. The highest BCUT2D eigenvalue weighted by molar-refractivity contribution is 5.93. The van der Waals surface area contributed by atoms with Crippen LogP contribution in [0.1, 0.15) is 63.5 Å². The number of carbonyl (C=O) groups excluding carboxylic acids is 1. The van der Waals surface area contributed by atoms with Crippen molar-refractivity contribution in [3.8, 4) is 0 Å². The zero-order valence-corrected chi connectivity index (χ0v) is 16.2. The Morgan fingerprint density at radius 1 is 1.08 bits per heavy atom. The average molecular weight is 351 g/mol. The third kappa shape index (κ3) is 3.15. The molecule has 0 N–H and O–H groups in total. The number of fused-ring (bicyclic) bond motifs is 3. The third-order valence-corrected chi connectivity index (χ3v) is 6.63. The van der Waals surface area contributed by atoms with Gasteiger partial charge in [0.1, 0.15) is 6.10 Å². The standard InChI is InChI=1S/C24H30O2/c1-15(2)19-12-8-16(3)14-22(19)26-24(25)21-13-11-18-10-9-17-6-4-5-7-20(17)23(18)21/h4-7,9-10,15-16,19,21-22H,8,11-14H2,1-3H3/t16-,19+,21?,22-/m1/s1. The molecule has 0 saturated heterocycles. The number of carbonyl (C=O) groups is 1. The molecule has 4 atom stereocenters. The van der Waals surface area contributed by atoms with Gasteiger partial charge in [-0.3, -0.25) is 4.79 Å². The summed E-state index contributed by atoms with van der Waals surface area (Å²) in [7, 11) is 0. The van der Waals surface area contributed by atoms with Crippen LogP contribution in [0.2, 0.25) is 0 Å². The Labute approximate surface area is 156 Å². The molecule has 0 aromatic heterocycles. The van der Waals surface area contributed by atoms with E-state index < -0.39 is 0 Å². The first kappa shape index (κ1) is 17.6. The van der Waals surface area contributed by atoms with Crippen LogP contribution in [0.15, 0.2) is 36.4 Å². The minimum Gasteiger partial charge on any atom is -0.462 e. The molecule has 4 rings (SSSR count). The molecule has 1 unspecified atom stereocenters. The van der Waals surface area contributed by atoms with Gasteiger partial charge in [-0.2, -0.15) is 0 Å². The molecule has 26 heavy (non-hydrogen) atoms. The molecule has 2 nitrogen and oxygen atoms in total. The fraction of sp³-hybridized carbons (Fsp3) is 0.542. The Bertz CT molecular complexity index is 807. The van der Waals surface area contributed by atoms with E-state index >= 15 is 0 Å². The first-order chi connectivity index (χ1) is 12.5. The van der Waals surface area contributed by atoms with Crippen molar-refractivity contribution >= 4 is 16.7 Å². The van der Waals surface area contributed by atoms with E-state index in [0.29, 0.717) is 17.8 Å². The summed E-state index contributed by atoms with van der Waals surface area (Å²) in [5.74, 6) is 1.63. The van der Waals surface area contributed by atoms with Gasteiger partial charge in [0.05, 0.1) is 5.92 Å². The highest BCUT2D eigenvalue weighted by atomic mass is 16.5. The topological polar surface area (TPSA) is 26.3 Å². The molecule has 2 aliphatic rings.